The number of nitrogens with zero attached hydrogens (tertiary/aromatic N) is 1. The van der Waals surface area contributed by atoms with Crippen molar-refractivity contribution in [2.45, 2.75) is 0 Å². The Morgan fingerprint density at radius 3 is 2.13 bits per heavy atom. The maximum atomic E-state index is 12.3. The zero-order chi connectivity index (χ0) is 16.8. The third-order valence-corrected chi connectivity index (χ3v) is 4.55. The topological polar surface area (TPSA) is 133 Å². The predicted molar refractivity (Wildman–Crippen MR) is 74.3 cm³/mol. The van der Waals surface area contributed by atoms with Crippen LogP contribution >= 0.6 is 0 Å². The summed E-state index contributed by atoms with van der Waals surface area (Å²) in [5, 5.41) is 5.29. The number of rotatable bonds is 4. The number of hydrogen-bond acceptors (Lipinski definition) is 7. The van der Waals surface area contributed by atoms with Crippen molar-refractivity contribution in [1.29, 1.82) is 0 Å². The second-order valence-electron chi connectivity index (χ2n) is 5.41. The molecule has 0 aromatic heterocycles. The van der Waals surface area contributed by atoms with Crippen molar-refractivity contribution in [3.05, 3.63) is 35.4 Å². The third-order valence-electron chi connectivity index (χ3n) is 3.60. The minimum absolute atomic E-state index is 0.107. The van der Waals surface area contributed by atoms with Gasteiger partial charge in [-0.2, -0.15) is 0 Å². The number of fused-ring (bicyclic) bond motifs is 1. The molecular formula is C13H12N2O7S. The fourth-order valence-corrected chi connectivity index (χ4v) is 3.48. The van der Waals surface area contributed by atoms with E-state index in [0.29, 0.717) is 5.06 Å². The van der Waals surface area contributed by atoms with E-state index in [4.69, 9.17) is 14.7 Å². The number of carbonyl (C=O) groups is 3. The summed E-state index contributed by atoms with van der Waals surface area (Å²) in [5.74, 6) is -3.32. The molecule has 0 aliphatic carbocycles. The van der Waals surface area contributed by atoms with Crippen LogP contribution in [0.3, 0.4) is 0 Å². The van der Waals surface area contributed by atoms with E-state index in [0.717, 1.165) is 0 Å². The first-order chi connectivity index (χ1) is 10.7. The van der Waals surface area contributed by atoms with Gasteiger partial charge in [0, 0.05) is 0 Å². The van der Waals surface area contributed by atoms with E-state index in [9.17, 15) is 22.8 Å². The number of sulfonamides is 1. The van der Waals surface area contributed by atoms with E-state index in [-0.39, 0.29) is 24.3 Å². The van der Waals surface area contributed by atoms with Crippen molar-refractivity contribution >= 4 is 27.8 Å². The average molecular weight is 340 g/mol. The molecule has 23 heavy (non-hydrogen) atoms. The summed E-state index contributed by atoms with van der Waals surface area (Å²) in [7, 11) is -3.97. The molecule has 0 bridgehead atoms. The Hall–Kier alpha value is -2.30. The first-order valence-electron chi connectivity index (χ1n) is 6.52. The largest absolute Gasteiger partial charge is 0.379 e. The van der Waals surface area contributed by atoms with Crippen LogP contribution in [0.5, 0.6) is 0 Å². The lowest BCUT2D eigenvalue weighted by molar-refractivity contribution is -0.203. The number of benzene rings is 1. The summed E-state index contributed by atoms with van der Waals surface area (Å²) in [4.78, 5) is 41.4. The van der Waals surface area contributed by atoms with E-state index in [1.165, 1.54) is 12.1 Å². The number of amides is 2. The number of carbonyl (C=O) groups excluding carboxylic acids is 3. The fraction of sp³-hybridized carbons (Fsp3) is 0.308. The third kappa shape index (κ3) is 2.60. The van der Waals surface area contributed by atoms with Gasteiger partial charge in [0.25, 0.3) is 11.8 Å². The van der Waals surface area contributed by atoms with Gasteiger partial charge in [-0.3, -0.25) is 9.59 Å². The molecule has 0 spiro atoms. The molecule has 2 heterocycles. The van der Waals surface area contributed by atoms with Crippen LogP contribution in [0.1, 0.15) is 20.7 Å². The Bertz CT molecular complexity index is 778. The molecule has 3 rings (SSSR count). The lowest BCUT2D eigenvalue weighted by atomic mass is 9.89. The number of hydrogen-bond donors (Lipinski definition) is 1. The van der Waals surface area contributed by atoms with E-state index in [1.54, 1.807) is 12.1 Å². The predicted octanol–water partition coefficient (Wildman–Crippen LogP) is -0.954. The first-order valence-corrected chi connectivity index (χ1v) is 8.23. The van der Waals surface area contributed by atoms with Gasteiger partial charge in [-0.15, -0.1) is 0 Å². The molecule has 9 nitrogen and oxygen atoms in total. The van der Waals surface area contributed by atoms with Crippen molar-refractivity contribution in [2.75, 3.05) is 19.0 Å². The van der Waals surface area contributed by atoms with Gasteiger partial charge in [0.1, 0.15) is 5.41 Å². The second-order valence-corrected chi connectivity index (χ2v) is 7.02. The highest BCUT2D eigenvalue weighted by Gasteiger charge is 2.52. The van der Waals surface area contributed by atoms with Gasteiger partial charge in [0.05, 0.1) is 30.1 Å². The lowest BCUT2D eigenvalue weighted by Crippen LogP contribution is -2.56. The summed E-state index contributed by atoms with van der Waals surface area (Å²) < 4.78 is 27.4. The van der Waals surface area contributed by atoms with E-state index < -0.39 is 39.0 Å². The molecule has 2 aliphatic rings. The fourth-order valence-electron chi connectivity index (χ4n) is 2.42. The lowest BCUT2D eigenvalue weighted by Gasteiger charge is -2.38. The average Bonchev–Trinajstić information content (AvgIpc) is 2.67. The summed E-state index contributed by atoms with van der Waals surface area (Å²) in [6.07, 6.45) is 0. The quantitative estimate of drug-likeness (QED) is 0.698. The summed E-state index contributed by atoms with van der Waals surface area (Å²) in [5.41, 5.74) is -1.30. The van der Waals surface area contributed by atoms with Gasteiger partial charge in [-0.1, -0.05) is 17.2 Å². The van der Waals surface area contributed by atoms with Crippen molar-refractivity contribution in [3.8, 4) is 0 Å². The van der Waals surface area contributed by atoms with Gasteiger partial charge >= 0.3 is 5.97 Å². The van der Waals surface area contributed by atoms with Gasteiger partial charge in [-0.25, -0.2) is 18.4 Å². The molecule has 122 valence electrons. The van der Waals surface area contributed by atoms with Crippen molar-refractivity contribution < 1.29 is 32.4 Å². The molecule has 1 aromatic carbocycles. The number of nitrogens with two attached hydrogens (primary N) is 1. The molecule has 2 amide bonds. The van der Waals surface area contributed by atoms with Crippen molar-refractivity contribution in [2.24, 2.45) is 10.6 Å². The van der Waals surface area contributed by atoms with Crippen molar-refractivity contribution in [1.82, 2.24) is 5.06 Å². The van der Waals surface area contributed by atoms with Crippen LogP contribution in [0.4, 0.5) is 0 Å². The van der Waals surface area contributed by atoms with Crippen LogP contribution in [0, 0.1) is 5.41 Å². The normalized spacial score (nSPS) is 19.3. The summed E-state index contributed by atoms with van der Waals surface area (Å²) >= 11 is 0. The van der Waals surface area contributed by atoms with Gasteiger partial charge in [0.2, 0.25) is 10.0 Å². The van der Waals surface area contributed by atoms with Gasteiger partial charge in [0.15, 0.2) is 0 Å². The highest BCUT2D eigenvalue weighted by Crippen LogP contribution is 2.32. The molecule has 1 saturated heterocycles. The van der Waals surface area contributed by atoms with Gasteiger partial charge in [-0.05, 0) is 12.1 Å². The van der Waals surface area contributed by atoms with Gasteiger partial charge < -0.3 is 9.57 Å². The Morgan fingerprint density at radius 1 is 1.22 bits per heavy atom. The number of imide groups is 1. The molecule has 0 unspecified atom stereocenters. The molecular weight excluding hydrogens is 328 g/mol. The van der Waals surface area contributed by atoms with Crippen LogP contribution in [-0.4, -0.2) is 50.2 Å². The number of ether oxygens (including phenoxy) is 1. The number of primary sulfonamides is 1. The molecule has 2 N–H and O–H groups in total. The van der Waals surface area contributed by atoms with Crippen LogP contribution in [0.2, 0.25) is 0 Å². The Balaban J connectivity index is 1.82. The molecule has 1 aromatic rings. The molecule has 2 aliphatic heterocycles. The van der Waals surface area contributed by atoms with Crippen LogP contribution in [-0.2, 0) is 24.4 Å². The zero-order valence-corrected chi connectivity index (χ0v) is 12.5. The van der Waals surface area contributed by atoms with Crippen LogP contribution in [0.15, 0.2) is 24.3 Å². The van der Waals surface area contributed by atoms with Crippen LogP contribution in [0.25, 0.3) is 0 Å². The Morgan fingerprint density at radius 2 is 1.74 bits per heavy atom. The molecule has 0 atom stereocenters. The zero-order valence-electron chi connectivity index (χ0n) is 11.7. The maximum Gasteiger partial charge on any atom is 0.345 e. The highest BCUT2D eigenvalue weighted by molar-refractivity contribution is 7.89. The molecule has 0 radical (unpaired) electrons. The number of hydroxylamine groups is 2. The summed E-state index contributed by atoms with van der Waals surface area (Å²) in [6.45, 7) is -0.434. The molecule has 0 saturated carbocycles. The molecule has 10 heteroatoms. The summed E-state index contributed by atoms with van der Waals surface area (Å²) in [6, 6.07) is 5.99. The minimum Gasteiger partial charge on any atom is -0.379 e. The minimum atomic E-state index is -3.97. The first kappa shape index (κ1) is 15.6. The van der Waals surface area contributed by atoms with Crippen LogP contribution < -0.4 is 5.14 Å². The highest BCUT2D eigenvalue weighted by atomic mass is 32.2. The standard InChI is InChI=1S/C13H12N2O7S/c14-23(19,20)7-13(5-21-6-13)12(18)22-15-10(16)8-3-1-2-4-9(8)11(15)17/h1-4H,5-7H2,(H2,14,19,20). The van der Waals surface area contributed by atoms with E-state index >= 15 is 0 Å². The Kier molecular flexibility index (Phi) is 3.47. The Labute approximate surface area is 131 Å². The smallest absolute Gasteiger partial charge is 0.345 e. The van der Waals surface area contributed by atoms with Crippen molar-refractivity contribution in [3.63, 3.8) is 0 Å². The second kappa shape index (κ2) is 5.11. The van der Waals surface area contributed by atoms with E-state index in [1.807, 2.05) is 0 Å². The SMILES string of the molecule is NS(=O)(=O)CC1(C(=O)ON2C(=O)c3ccccc3C2=O)COC1. The molecule has 1 fully saturated rings. The monoisotopic (exact) mass is 340 g/mol. The maximum absolute atomic E-state index is 12.3. The van der Waals surface area contributed by atoms with E-state index in [2.05, 4.69) is 0 Å².